The van der Waals surface area contributed by atoms with Crippen molar-refractivity contribution in [1.29, 1.82) is 0 Å². The number of furan rings is 1. The molecule has 5 nitrogen and oxygen atoms in total. The number of anilines is 1. The Morgan fingerprint density at radius 2 is 2.17 bits per heavy atom. The Hall–Kier alpha value is -1.95. The van der Waals surface area contributed by atoms with Crippen molar-refractivity contribution in [2.24, 2.45) is 0 Å². The van der Waals surface area contributed by atoms with Crippen molar-refractivity contribution in [3.8, 4) is 0 Å². The van der Waals surface area contributed by atoms with Crippen molar-refractivity contribution in [1.82, 2.24) is 0 Å². The van der Waals surface area contributed by atoms with Crippen LogP contribution in [0.2, 0.25) is 0 Å². The minimum absolute atomic E-state index is 0.234. The number of rotatable bonds is 4. The lowest BCUT2D eigenvalue weighted by atomic mass is 10.2. The van der Waals surface area contributed by atoms with Crippen molar-refractivity contribution in [3.63, 3.8) is 0 Å². The molecule has 2 N–H and O–H groups in total. The number of thioether (sulfide) groups is 1. The van der Waals surface area contributed by atoms with Crippen molar-refractivity contribution < 1.29 is 9.34 Å². The van der Waals surface area contributed by atoms with Gasteiger partial charge < -0.3 is 10.2 Å². The van der Waals surface area contributed by atoms with Crippen molar-refractivity contribution >= 4 is 23.3 Å². The van der Waals surface area contributed by atoms with Crippen LogP contribution in [-0.4, -0.2) is 4.92 Å². The minimum atomic E-state index is -0.546. The van der Waals surface area contributed by atoms with Gasteiger partial charge in [-0.1, -0.05) is 12.1 Å². The second kappa shape index (κ2) is 5.14. The van der Waals surface area contributed by atoms with E-state index in [4.69, 9.17) is 10.2 Å². The third-order valence-corrected chi connectivity index (χ3v) is 3.58. The van der Waals surface area contributed by atoms with Gasteiger partial charge in [0, 0.05) is 10.6 Å². The number of nitrogens with two attached hydrogens (primary N) is 1. The Bertz CT molecular complexity index is 580. The third kappa shape index (κ3) is 2.65. The molecule has 0 aliphatic carbocycles. The number of nitro groups is 1. The van der Waals surface area contributed by atoms with E-state index in [-0.39, 0.29) is 5.88 Å². The highest BCUT2D eigenvalue weighted by Gasteiger charge is 2.12. The summed E-state index contributed by atoms with van der Waals surface area (Å²) >= 11 is 1.50. The molecule has 94 valence electrons. The molecule has 1 aromatic carbocycles. The first-order valence-electron chi connectivity index (χ1n) is 5.29. The predicted octanol–water partition coefficient (Wildman–Crippen LogP) is 3.37. The number of nitrogen functional groups attached to an aromatic ring is 1. The highest BCUT2D eigenvalue weighted by Crippen LogP contribution is 2.31. The summed E-state index contributed by atoms with van der Waals surface area (Å²) in [5.74, 6) is 0.844. The topological polar surface area (TPSA) is 82.3 Å². The van der Waals surface area contributed by atoms with Gasteiger partial charge >= 0.3 is 5.88 Å². The molecule has 1 aromatic heterocycles. The molecule has 0 bridgehead atoms. The lowest BCUT2D eigenvalue weighted by molar-refractivity contribution is -0.402. The van der Waals surface area contributed by atoms with Crippen LogP contribution in [0.1, 0.15) is 11.3 Å². The molecule has 1 heterocycles. The molecule has 0 fully saturated rings. The number of hydrogen-bond acceptors (Lipinski definition) is 5. The average Bonchev–Trinajstić information content (AvgIpc) is 2.80. The van der Waals surface area contributed by atoms with Crippen molar-refractivity contribution in [3.05, 3.63) is 51.8 Å². The minimum Gasteiger partial charge on any atom is -0.405 e. The largest absolute Gasteiger partial charge is 0.433 e. The molecule has 0 atom stereocenters. The van der Waals surface area contributed by atoms with Gasteiger partial charge in [0.05, 0.1) is 11.8 Å². The first-order valence-corrected chi connectivity index (χ1v) is 6.27. The monoisotopic (exact) mass is 264 g/mol. The van der Waals surface area contributed by atoms with Gasteiger partial charge in [-0.05, 0) is 24.6 Å². The summed E-state index contributed by atoms with van der Waals surface area (Å²) in [6.07, 6.45) is 0. The van der Waals surface area contributed by atoms with E-state index in [1.54, 1.807) is 6.07 Å². The zero-order chi connectivity index (χ0) is 13.1. The molecule has 0 aliphatic rings. The van der Waals surface area contributed by atoms with Crippen LogP contribution in [0.15, 0.2) is 39.6 Å². The van der Waals surface area contributed by atoms with Crippen LogP contribution >= 0.6 is 11.8 Å². The van der Waals surface area contributed by atoms with Gasteiger partial charge in [-0.15, -0.1) is 11.8 Å². The van der Waals surface area contributed by atoms with Gasteiger partial charge in [-0.3, -0.25) is 10.1 Å². The van der Waals surface area contributed by atoms with Gasteiger partial charge in [0.15, 0.2) is 0 Å². The Balaban J connectivity index is 2.07. The lowest BCUT2D eigenvalue weighted by Gasteiger charge is -2.06. The fraction of sp³-hybridized carbons (Fsp3) is 0.167. The van der Waals surface area contributed by atoms with Crippen LogP contribution in [0, 0.1) is 17.0 Å². The van der Waals surface area contributed by atoms with Gasteiger partial charge in [-0.25, -0.2) is 0 Å². The smallest absolute Gasteiger partial charge is 0.405 e. The molecule has 0 amide bonds. The van der Waals surface area contributed by atoms with E-state index in [1.165, 1.54) is 17.8 Å². The molecular weight excluding hydrogens is 252 g/mol. The highest BCUT2D eigenvalue weighted by atomic mass is 32.2. The Labute approximate surface area is 108 Å². The van der Waals surface area contributed by atoms with Crippen LogP contribution in [0.3, 0.4) is 0 Å². The molecule has 6 heteroatoms. The molecule has 0 saturated heterocycles. The summed E-state index contributed by atoms with van der Waals surface area (Å²) in [7, 11) is 0. The Morgan fingerprint density at radius 3 is 2.83 bits per heavy atom. The number of para-hydroxylation sites is 1. The standard InChI is InChI=1S/C12H12N2O3S/c1-8-3-2-4-10(12(8)13)18-7-9-5-6-11(17-9)14(15)16/h2-6H,7,13H2,1H3. The number of nitrogens with zero attached hydrogens (tertiary/aromatic N) is 1. The van der Waals surface area contributed by atoms with Gasteiger partial charge in [0.2, 0.25) is 0 Å². The molecule has 0 saturated carbocycles. The molecule has 18 heavy (non-hydrogen) atoms. The maximum Gasteiger partial charge on any atom is 0.433 e. The summed E-state index contributed by atoms with van der Waals surface area (Å²) in [6, 6.07) is 8.76. The Kier molecular flexibility index (Phi) is 3.57. The second-order valence-corrected chi connectivity index (χ2v) is 4.79. The van der Waals surface area contributed by atoms with E-state index in [0.717, 1.165) is 16.1 Å². The summed E-state index contributed by atoms with van der Waals surface area (Å²) in [4.78, 5) is 10.9. The normalized spacial score (nSPS) is 10.5. The van der Waals surface area contributed by atoms with E-state index in [0.29, 0.717) is 11.5 Å². The van der Waals surface area contributed by atoms with Gasteiger partial charge in [-0.2, -0.15) is 0 Å². The molecule has 0 unspecified atom stereocenters. The third-order valence-electron chi connectivity index (χ3n) is 2.48. The first kappa shape index (κ1) is 12.5. The molecule has 0 aliphatic heterocycles. The second-order valence-electron chi connectivity index (χ2n) is 3.77. The van der Waals surface area contributed by atoms with Crippen LogP contribution in [0.5, 0.6) is 0 Å². The van der Waals surface area contributed by atoms with Crippen LogP contribution in [-0.2, 0) is 5.75 Å². The van der Waals surface area contributed by atoms with Gasteiger partial charge in [0.25, 0.3) is 0 Å². The van der Waals surface area contributed by atoms with E-state index < -0.39 is 4.92 Å². The summed E-state index contributed by atoms with van der Waals surface area (Å²) < 4.78 is 5.08. The van der Waals surface area contributed by atoms with Crippen LogP contribution < -0.4 is 5.73 Å². The predicted molar refractivity (Wildman–Crippen MR) is 70.5 cm³/mol. The zero-order valence-corrected chi connectivity index (χ0v) is 10.6. The summed E-state index contributed by atoms with van der Waals surface area (Å²) in [6.45, 7) is 1.94. The van der Waals surface area contributed by atoms with E-state index in [1.807, 2.05) is 25.1 Å². The fourth-order valence-corrected chi connectivity index (χ4v) is 2.41. The van der Waals surface area contributed by atoms with Crippen molar-refractivity contribution in [2.75, 3.05) is 5.73 Å². The zero-order valence-electron chi connectivity index (χ0n) is 9.75. The SMILES string of the molecule is Cc1cccc(SCc2ccc([N+](=O)[O-])o2)c1N. The Morgan fingerprint density at radius 1 is 1.39 bits per heavy atom. The molecule has 0 spiro atoms. The summed E-state index contributed by atoms with van der Waals surface area (Å²) in [5.41, 5.74) is 7.70. The van der Waals surface area contributed by atoms with E-state index in [2.05, 4.69) is 0 Å². The number of hydrogen-bond donors (Lipinski definition) is 1. The van der Waals surface area contributed by atoms with Crippen LogP contribution in [0.25, 0.3) is 0 Å². The molecule has 0 radical (unpaired) electrons. The molecule has 2 rings (SSSR count). The fourth-order valence-electron chi connectivity index (χ4n) is 1.47. The average molecular weight is 264 g/mol. The molecular formula is C12H12N2O3S. The first-order chi connectivity index (χ1) is 8.58. The lowest BCUT2D eigenvalue weighted by Crippen LogP contribution is -1.92. The van der Waals surface area contributed by atoms with E-state index >= 15 is 0 Å². The maximum absolute atomic E-state index is 10.5. The van der Waals surface area contributed by atoms with E-state index in [9.17, 15) is 10.1 Å². The summed E-state index contributed by atoms with van der Waals surface area (Å²) in [5, 5.41) is 10.5. The van der Waals surface area contributed by atoms with Crippen LogP contribution in [0.4, 0.5) is 11.6 Å². The van der Waals surface area contributed by atoms with Gasteiger partial charge in [0.1, 0.15) is 10.7 Å². The number of aryl methyl sites for hydroxylation is 1. The number of benzene rings is 1. The molecule has 2 aromatic rings. The maximum atomic E-state index is 10.5. The quantitative estimate of drug-likeness (QED) is 0.396. The highest BCUT2D eigenvalue weighted by molar-refractivity contribution is 7.98. The van der Waals surface area contributed by atoms with Crippen molar-refractivity contribution in [2.45, 2.75) is 17.6 Å².